The Morgan fingerprint density at radius 1 is 1.26 bits per heavy atom. The molecule has 0 aliphatic heterocycles. The van der Waals surface area contributed by atoms with E-state index >= 15 is 0 Å². The monoisotopic (exact) mass is 311 g/mol. The third-order valence-corrected chi connectivity index (χ3v) is 6.00. The molecule has 23 heavy (non-hydrogen) atoms. The van der Waals surface area contributed by atoms with E-state index in [1.54, 1.807) is 0 Å². The Labute approximate surface area is 140 Å². The second kappa shape index (κ2) is 7.36. The van der Waals surface area contributed by atoms with Crippen LogP contribution in [0.2, 0.25) is 0 Å². The smallest absolute Gasteiger partial charge is 0.0640 e. The van der Waals surface area contributed by atoms with Crippen LogP contribution in [0.4, 0.5) is 5.69 Å². The SMILES string of the molecule is CC(NCc1ccc(N(C)CCC#N)cc1)C1CC2CCC1C2. The number of rotatable bonds is 7. The van der Waals surface area contributed by atoms with Crippen molar-refractivity contribution in [2.75, 3.05) is 18.5 Å². The maximum atomic E-state index is 8.67. The molecule has 2 fully saturated rings. The topological polar surface area (TPSA) is 39.1 Å². The zero-order valence-electron chi connectivity index (χ0n) is 14.5. The Hall–Kier alpha value is -1.53. The van der Waals surface area contributed by atoms with Gasteiger partial charge in [-0.05, 0) is 61.6 Å². The van der Waals surface area contributed by atoms with Crippen LogP contribution in [0.1, 0.15) is 44.6 Å². The van der Waals surface area contributed by atoms with Gasteiger partial charge in [-0.15, -0.1) is 0 Å². The molecule has 0 aromatic heterocycles. The number of nitrogens with one attached hydrogen (secondary N) is 1. The molecule has 3 nitrogen and oxygen atoms in total. The van der Waals surface area contributed by atoms with Crippen molar-refractivity contribution in [3.63, 3.8) is 0 Å². The van der Waals surface area contributed by atoms with Crippen molar-refractivity contribution in [2.24, 2.45) is 17.8 Å². The highest BCUT2D eigenvalue weighted by molar-refractivity contribution is 5.46. The summed E-state index contributed by atoms with van der Waals surface area (Å²) in [6.45, 7) is 4.11. The Kier molecular flexibility index (Phi) is 5.23. The molecule has 2 aliphatic rings. The molecular formula is C20H29N3. The molecule has 1 N–H and O–H groups in total. The van der Waals surface area contributed by atoms with Gasteiger partial charge in [-0.1, -0.05) is 18.6 Å². The Morgan fingerprint density at radius 2 is 2.04 bits per heavy atom. The first-order chi connectivity index (χ1) is 11.2. The highest BCUT2D eigenvalue weighted by atomic mass is 15.1. The zero-order chi connectivity index (χ0) is 16.2. The van der Waals surface area contributed by atoms with E-state index in [0.717, 1.165) is 30.8 Å². The van der Waals surface area contributed by atoms with Crippen LogP contribution in [0.25, 0.3) is 0 Å². The van der Waals surface area contributed by atoms with Gasteiger partial charge >= 0.3 is 0 Å². The third-order valence-electron chi connectivity index (χ3n) is 6.00. The van der Waals surface area contributed by atoms with Gasteiger partial charge < -0.3 is 10.2 Å². The molecule has 4 unspecified atom stereocenters. The quantitative estimate of drug-likeness (QED) is 0.828. The summed E-state index contributed by atoms with van der Waals surface area (Å²) in [6.07, 6.45) is 6.45. The lowest BCUT2D eigenvalue weighted by Crippen LogP contribution is -2.35. The minimum absolute atomic E-state index is 0.570. The second-order valence-corrected chi connectivity index (χ2v) is 7.50. The summed E-state index contributed by atoms with van der Waals surface area (Å²) in [5.74, 6) is 2.90. The standard InChI is InChI=1S/C20H29N3/c1-15(20-13-17-4-7-18(20)12-17)22-14-16-5-8-19(9-6-16)23(2)11-3-10-21/h5-6,8-9,15,17-18,20,22H,3-4,7,11-14H2,1-2H3. The van der Waals surface area contributed by atoms with Gasteiger partial charge in [0.1, 0.15) is 0 Å². The van der Waals surface area contributed by atoms with Gasteiger partial charge in [0, 0.05) is 31.9 Å². The van der Waals surface area contributed by atoms with Crippen LogP contribution >= 0.6 is 0 Å². The molecule has 1 aromatic rings. The largest absolute Gasteiger partial charge is 0.374 e. The molecule has 1 aromatic carbocycles. The van der Waals surface area contributed by atoms with Gasteiger partial charge in [0.2, 0.25) is 0 Å². The van der Waals surface area contributed by atoms with E-state index in [2.05, 4.69) is 47.5 Å². The Morgan fingerprint density at radius 3 is 2.65 bits per heavy atom. The fourth-order valence-corrected chi connectivity index (χ4v) is 4.55. The summed E-state index contributed by atoms with van der Waals surface area (Å²) in [4.78, 5) is 2.14. The number of anilines is 1. The van der Waals surface area contributed by atoms with Crippen molar-refractivity contribution in [3.8, 4) is 6.07 Å². The van der Waals surface area contributed by atoms with Crippen LogP contribution in [0, 0.1) is 29.1 Å². The van der Waals surface area contributed by atoms with Crippen LogP contribution in [0.5, 0.6) is 0 Å². The average Bonchev–Trinajstić information content (AvgIpc) is 3.21. The van der Waals surface area contributed by atoms with E-state index in [0.29, 0.717) is 12.5 Å². The molecule has 2 bridgehead atoms. The lowest BCUT2D eigenvalue weighted by molar-refractivity contribution is 0.259. The fourth-order valence-electron chi connectivity index (χ4n) is 4.55. The summed E-state index contributed by atoms with van der Waals surface area (Å²) in [6, 6.07) is 11.6. The predicted molar refractivity (Wildman–Crippen MR) is 95.2 cm³/mol. The van der Waals surface area contributed by atoms with Gasteiger partial charge in [0.25, 0.3) is 0 Å². The van der Waals surface area contributed by atoms with Gasteiger partial charge in [-0.3, -0.25) is 0 Å². The summed E-state index contributed by atoms with van der Waals surface area (Å²) >= 11 is 0. The Bertz CT molecular complexity index is 545. The summed E-state index contributed by atoms with van der Waals surface area (Å²) in [7, 11) is 2.04. The van der Waals surface area contributed by atoms with E-state index in [9.17, 15) is 0 Å². The lowest BCUT2D eigenvalue weighted by Gasteiger charge is -2.28. The third kappa shape index (κ3) is 3.87. The number of fused-ring (bicyclic) bond motifs is 2. The van der Waals surface area contributed by atoms with Crippen molar-refractivity contribution in [1.82, 2.24) is 5.32 Å². The van der Waals surface area contributed by atoms with E-state index in [4.69, 9.17) is 5.26 Å². The average molecular weight is 311 g/mol. The van der Waals surface area contributed by atoms with E-state index < -0.39 is 0 Å². The number of nitriles is 1. The molecule has 4 atom stereocenters. The van der Waals surface area contributed by atoms with Crippen LogP contribution < -0.4 is 10.2 Å². The fraction of sp³-hybridized carbons (Fsp3) is 0.650. The lowest BCUT2D eigenvalue weighted by atomic mass is 9.84. The molecular weight excluding hydrogens is 282 g/mol. The molecule has 3 heteroatoms. The first kappa shape index (κ1) is 16.3. The first-order valence-electron chi connectivity index (χ1n) is 9.07. The van der Waals surface area contributed by atoms with Crippen LogP contribution in [-0.2, 0) is 6.54 Å². The van der Waals surface area contributed by atoms with Gasteiger partial charge in [-0.2, -0.15) is 5.26 Å². The summed E-state index contributed by atoms with van der Waals surface area (Å²) in [5, 5.41) is 12.4. The van der Waals surface area contributed by atoms with Crippen molar-refractivity contribution in [2.45, 2.75) is 51.6 Å². The number of hydrogen-bond donors (Lipinski definition) is 1. The van der Waals surface area contributed by atoms with Crippen LogP contribution in [-0.4, -0.2) is 19.6 Å². The normalized spacial score (nSPS) is 26.9. The molecule has 124 valence electrons. The maximum Gasteiger partial charge on any atom is 0.0640 e. The Balaban J connectivity index is 1.48. The molecule has 2 saturated carbocycles. The minimum Gasteiger partial charge on any atom is -0.374 e. The van der Waals surface area contributed by atoms with Crippen molar-refractivity contribution in [1.29, 1.82) is 5.26 Å². The summed E-state index contributed by atoms with van der Waals surface area (Å²) in [5.41, 5.74) is 2.53. The molecule has 0 amide bonds. The number of benzene rings is 1. The van der Waals surface area contributed by atoms with E-state index in [-0.39, 0.29) is 0 Å². The molecule has 2 aliphatic carbocycles. The van der Waals surface area contributed by atoms with Gasteiger partial charge in [0.15, 0.2) is 0 Å². The van der Waals surface area contributed by atoms with Crippen molar-refractivity contribution < 1.29 is 0 Å². The van der Waals surface area contributed by atoms with E-state index in [1.165, 1.54) is 36.9 Å². The predicted octanol–water partition coefficient (Wildman–Crippen LogP) is 3.95. The van der Waals surface area contributed by atoms with Gasteiger partial charge in [-0.25, -0.2) is 0 Å². The second-order valence-electron chi connectivity index (χ2n) is 7.50. The molecule has 0 saturated heterocycles. The molecule has 3 rings (SSSR count). The number of nitrogens with zero attached hydrogens (tertiary/aromatic N) is 2. The molecule has 0 heterocycles. The molecule has 0 radical (unpaired) electrons. The number of hydrogen-bond acceptors (Lipinski definition) is 3. The molecule has 0 spiro atoms. The van der Waals surface area contributed by atoms with E-state index in [1.807, 2.05) is 7.05 Å². The highest BCUT2D eigenvalue weighted by Gasteiger charge is 2.41. The van der Waals surface area contributed by atoms with Gasteiger partial charge in [0.05, 0.1) is 12.5 Å². The minimum atomic E-state index is 0.570. The highest BCUT2D eigenvalue weighted by Crippen LogP contribution is 2.49. The van der Waals surface area contributed by atoms with Crippen LogP contribution in [0.3, 0.4) is 0 Å². The summed E-state index contributed by atoms with van der Waals surface area (Å²) < 4.78 is 0. The van der Waals surface area contributed by atoms with Crippen LogP contribution in [0.15, 0.2) is 24.3 Å². The first-order valence-corrected chi connectivity index (χ1v) is 9.07. The van der Waals surface area contributed by atoms with Crippen molar-refractivity contribution >= 4 is 5.69 Å². The van der Waals surface area contributed by atoms with Crippen molar-refractivity contribution in [3.05, 3.63) is 29.8 Å². The maximum absolute atomic E-state index is 8.67. The zero-order valence-corrected chi connectivity index (χ0v) is 14.5.